The van der Waals surface area contributed by atoms with Crippen LogP contribution in [-0.2, 0) is 4.79 Å². The van der Waals surface area contributed by atoms with Gasteiger partial charge in [0.05, 0.1) is 0 Å². The zero-order valence-corrected chi connectivity index (χ0v) is 17.3. The van der Waals surface area contributed by atoms with Gasteiger partial charge in [0.25, 0.3) is 0 Å². The first kappa shape index (κ1) is 19.6. The molecular weight excluding hydrogens is 372 g/mol. The highest BCUT2D eigenvalue weighted by molar-refractivity contribution is 6.02. The summed E-state index contributed by atoms with van der Waals surface area (Å²) < 4.78 is 5.96. The highest BCUT2D eigenvalue weighted by Gasteiger charge is 2.12. The largest absolute Gasteiger partial charge is 0.436 e. The number of aryl methyl sites for hydroxylation is 1. The Balaban J connectivity index is 1.58. The minimum atomic E-state index is -0.182. The molecule has 0 aliphatic rings. The molecule has 4 rings (SSSR count). The molecule has 0 fully saturated rings. The van der Waals surface area contributed by atoms with Crippen molar-refractivity contribution in [1.29, 1.82) is 0 Å². The first-order chi connectivity index (χ1) is 14.5. The van der Waals surface area contributed by atoms with Gasteiger partial charge in [0.1, 0.15) is 5.52 Å². The zero-order chi connectivity index (χ0) is 21.1. The highest BCUT2D eigenvalue weighted by atomic mass is 16.3. The second-order valence-corrected chi connectivity index (χ2v) is 7.66. The lowest BCUT2D eigenvalue weighted by Gasteiger charge is -2.08. The highest BCUT2D eigenvalue weighted by Crippen LogP contribution is 2.29. The lowest BCUT2D eigenvalue weighted by Crippen LogP contribution is -2.09. The Morgan fingerprint density at radius 1 is 1.03 bits per heavy atom. The number of carbonyl (C=O) groups is 1. The first-order valence-corrected chi connectivity index (χ1v) is 10.1. The standard InChI is InChI=1S/C26H24N2O2/c1-17(2)20-12-13-24-23(15-20)28-26(30-24)21-11-9-18(3)22(16-21)27-25(29)14-10-19-7-5-4-6-8-19/h4-17H,1-3H3,(H,27,29). The monoisotopic (exact) mass is 396 g/mol. The number of amides is 1. The van der Waals surface area contributed by atoms with Crippen molar-refractivity contribution in [3.05, 3.63) is 89.5 Å². The van der Waals surface area contributed by atoms with Gasteiger partial charge in [0.2, 0.25) is 11.8 Å². The number of aromatic nitrogens is 1. The second-order valence-electron chi connectivity index (χ2n) is 7.66. The molecule has 1 amide bonds. The molecule has 4 heteroatoms. The summed E-state index contributed by atoms with van der Waals surface area (Å²) in [5, 5.41) is 2.95. The number of nitrogens with one attached hydrogen (secondary N) is 1. The summed E-state index contributed by atoms with van der Waals surface area (Å²) >= 11 is 0. The van der Waals surface area contributed by atoms with E-state index in [4.69, 9.17) is 4.42 Å². The first-order valence-electron chi connectivity index (χ1n) is 10.1. The van der Waals surface area contributed by atoms with Gasteiger partial charge >= 0.3 is 0 Å². The SMILES string of the molecule is Cc1ccc(-c2nc3cc(C(C)C)ccc3o2)cc1NC(=O)C=Cc1ccccc1. The Bertz CT molecular complexity index is 1220. The molecule has 1 N–H and O–H groups in total. The number of benzene rings is 3. The van der Waals surface area contributed by atoms with Crippen LogP contribution in [0.2, 0.25) is 0 Å². The van der Waals surface area contributed by atoms with E-state index in [9.17, 15) is 4.79 Å². The van der Waals surface area contributed by atoms with Crippen molar-refractivity contribution >= 4 is 28.8 Å². The molecule has 30 heavy (non-hydrogen) atoms. The van der Waals surface area contributed by atoms with E-state index in [-0.39, 0.29) is 5.91 Å². The minimum Gasteiger partial charge on any atom is -0.436 e. The second kappa shape index (κ2) is 8.37. The van der Waals surface area contributed by atoms with Gasteiger partial charge in [-0.05, 0) is 59.9 Å². The number of fused-ring (bicyclic) bond motifs is 1. The van der Waals surface area contributed by atoms with Gasteiger partial charge in [-0.1, -0.05) is 56.3 Å². The predicted octanol–water partition coefficient (Wildman–Crippen LogP) is 6.58. The maximum absolute atomic E-state index is 12.4. The molecule has 0 atom stereocenters. The van der Waals surface area contributed by atoms with Crippen molar-refractivity contribution in [2.75, 3.05) is 5.32 Å². The fourth-order valence-corrected chi connectivity index (χ4v) is 3.23. The van der Waals surface area contributed by atoms with Crippen molar-refractivity contribution in [3.63, 3.8) is 0 Å². The van der Waals surface area contributed by atoms with Crippen LogP contribution >= 0.6 is 0 Å². The summed E-state index contributed by atoms with van der Waals surface area (Å²) in [4.78, 5) is 17.0. The molecule has 0 saturated heterocycles. The van der Waals surface area contributed by atoms with Crippen LogP contribution in [0.1, 0.15) is 36.5 Å². The summed E-state index contributed by atoms with van der Waals surface area (Å²) in [5.74, 6) is 0.791. The summed E-state index contributed by atoms with van der Waals surface area (Å²) in [5.41, 5.74) is 6.33. The van der Waals surface area contributed by atoms with E-state index in [0.29, 0.717) is 11.8 Å². The summed E-state index contributed by atoms with van der Waals surface area (Å²) in [6, 6.07) is 21.7. The Hall–Kier alpha value is -3.66. The van der Waals surface area contributed by atoms with E-state index in [1.54, 1.807) is 6.08 Å². The van der Waals surface area contributed by atoms with Crippen LogP contribution in [0.4, 0.5) is 5.69 Å². The Morgan fingerprint density at radius 3 is 2.60 bits per heavy atom. The van der Waals surface area contributed by atoms with E-state index in [1.165, 1.54) is 11.6 Å². The molecule has 0 saturated carbocycles. The van der Waals surface area contributed by atoms with Crippen LogP contribution in [-0.4, -0.2) is 10.9 Å². The molecule has 0 radical (unpaired) electrons. The maximum atomic E-state index is 12.4. The van der Waals surface area contributed by atoms with Crippen molar-refractivity contribution < 1.29 is 9.21 Å². The quantitative estimate of drug-likeness (QED) is 0.388. The average Bonchev–Trinajstić information content (AvgIpc) is 3.18. The molecule has 0 aliphatic heterocycles. The Kier molecular flexibility index (Phi) is 5.48. The summed E-state index contributed by atoms with van der Waals surface area (Å²) in [6.07, 6.45) is 3.33. The number of nitrogens with zero attached hydrogens (tertiary/aromatic N) is 1. The van der Waals surface area contributed by atoms with E-state index >= 15 is 0 Å². The van der Waals surface area contributed by atoms with Crippen LogP contribution < -0.4 is 5.32 Å². The molecule has 0 aliphatic carbocycles. The maximum Gasteiger partial charge on any atom is 0.248 e. The van der Waals surface area contributed by atoms with Gasteiger partial charge in [-0.3, -0.25) is 4.79 Å². The zero-order valence-electron chi connectivity index (χ0n) is 17.3. The van der Waals surface area contributed by atoms with Crippen LogP contribution in [0.3, 0.4) is 0 Å². The third kappa shape index (κ3) is 4.33. The fraction of sp³-hybridized carbons (Fsp3) is 0.154. The lowest BCUT2D eigenvalue weighted by molar-refractivity contribution is -0.111. The number of hydrogen-bond acceptors (Lipinski definition) is 3. The topological polar surface area (TPSA) is 55.1 Å². The molecule has 4 aromatic rings. The van der Waals surface area contributed by atoms with Gasteiger partial charge in [-0.2, -0.15) is 0 Å². The average molecular weight is 396 g/mol. The third-order valence-electron chi connectivity index (χ3n) is 5.05. The van der Waals surface area contributed by atoms with Crippen molar-refractivity contribution in [3.8, 4) is 11.5 Å². The number of carbonyl (C=O) groups excluding carboxylic acids is 1. The van der Waals surface area contributed by atoms with Crippen molar-refractivity contribution in [2.24, 2.45) is 0 Å². The normalized spacial score (nSPS) is 11.5. The van der Waals surface area contributed by atoms with E-state index in [1.807, 2.05) is 61.5 Å². The Morgan fingerprint density at radius 2 is 1.83 bits per heavy atom. The van der Waals surface area contributed by atoms with Crippen LogP contribution in [0.5, 0.6) is 0 Å². The van der Waals surface area contributed by atoms with E-state index in [2.05, 4.69) is 36.3 Å². The molecular formula is C26H24N2O2. The summed E-state index contributed by atoms with van der Waals surface area (Å²) in [7, 11) is 0. The lowest BCUT2D eigenvalue weighted by atomic mass is 10.0. The predicted molar refractivity (Wildman–Crippen MR) is 122 cm³/mol. The molecule has 3 aromatic carbocycles. The fourth-order valence-electron chi connectivity index (χ4n) is 3.23. The van der Waals surface area contributed by atoms with Gasteiger partial charge in [0, 0.05) is 17.3 Å². The number of rotatable bonds is 5. The molecule has 0 spiro atoms. The van der Waals surface area contributed by atoms with Crippen molar-refractivity contribution in [1.82, 2.24) is 4.98 Å². The smallest absolute Gasteiger partial charge is 0.248 e. The Labute approximate surface area is 176 Å². The van der Waals surface area contributed by atoms with Gasteiger partial charge < -0.3 is 9.73 Å². The van der Waals surface area contributed by atoms with Crippen LogP contribution in [0.25, 0.3) is 28.6 Å². The van der Waals surface area contributed by atoms with E-state index in [0.717, 1.165) is 33.5 Å². The number of oxazole rings is 1. The number of hydrogen-bond donors (Lipinski definition) is 1. The third-order valence-corrected chi connectivity index (χ3v) is 5.05. The number of anilines is 1. The molecule has 150 valence electrons. The van der Waals surface area contributed by atoms with Gasteiger partial charge in [0.15, 0.2) is 5.58 Å². The van der Waals surface area contributed by atoms with Crippen LogP contribution in [0, 0.1) is 6.92 Å². The van der Waals surface area contributed by atoms with Crippen molar-refractivity contribution in [2.45, 2.75) is 26.7 Å². The molecule has 1 aromatic heterocycles. The minimum absolute atomic E-state index is 0.182. The van der Waals surface area contributed by atoms with Crippen LogP contribution in [0.15, 0.2) is 77.2 Å². The molecule has 0 unspecified atom stereocenters. The summed E-state index contributed by atoms with van der Waals surface area (Å²) in [6.45, 7) is 6.27. The molecule has 4 nitrogen and oxygen atoms in total. The molecule has 0 bridgehead atoms. The van der Waals surface area contributed by atoms with E-state index < -0.39 is 0 Å². The van der Waals surface area contributed by atoms with Gasteiger partial charge in [-0.25, -0.2) is 4.98 Å². The van der Waals surface area contributed by atoms with Gasteiger partial charge in [-0.15, -0.1) is 0 Å². The molecule has 1 heterocycles.